The van der Waals surface area contributed by atoms with Crippen LogP contribution in [0.3, 0.4) is 0 Å². The summed E-state index contributed by atoms with van der Waals surface area (Å²) >= 11 is 0. The van der Waals surface area contributed by atoms with Gasteiger partial charge in [-0.25, -0.2) is 0 Å². The van der Waals surface area contributed by atoms with Crippen LogP contribution in [0.5, 0.6) is 11.5 Å². The zero-order chi connectivity index (χ0) is 22.1. The van der Waals surface area contributed by atoms with Gasteiger partial charge < -0.3 is 25.5 Å². The maximum atomic E-state index is 12.7. The molecule has 0 radical (unpaired) electrons. The molecule has 1 heterocycles. The summed E-state index contributed by atoms with van der Waals surface area (Å²) in [6.45, 7) is 3.01. The lowest BCUT2D eigenvalue weighted by Gasteiger charge is -2.09. The molecule has 9 nitrogen and oxygen atoms in total. The Morgan fingerprint density at radius 3 is 2.61 bits per heavy atom. The topological polar surface area (TPSA) is 126 Å². The van der Waals surface area contributed by atoms with Crippen LogP contribution in [-0.2, 0) is 6.54 Å². The molecule has 0 bridgehead atoms. The van der Waals surface area contributed by atoms with Gasteiger partial charge in [-0.15, -0.1) is 0 Å². The Hall–Kier alpha value is -3.14. The number of nitrogens with one attached hydrogen (secondary N) is 2. The number of aromatic nitrogens is 2. The van der Waals surface area contributed by atoms with Gasteiger partial charge in [-0.3, -0.25) is 19.6 Å². The molecule has 0 fully saturated rings. The molecule has 5 N–H and O–H groups in total. The largest absolute Gasteiger partial charge is 0.507 e. The zero-order valence-corrected chi connectivity index (χ0v) is 17.6. The summed E-state index contributed by atoms with van der Waals surface area (Å²) in [5.41, 5.74) is 1.10. The van der Waals surface area contributed by atoms with Crippen LogP contribution in [0.1, 0.15) is 0 Å². The van der Waals surface area contributed by atoms with Crippen LogP contribution in [0.25, 0.3) is 32.6 Å². The first-order valence-electron chi connectivity index (χ1n) is 10.3. The molecular formula is C22H27N5O4. The molecule has 4 aromatic rings. The Bertz CT molecular complexity index is 1360. The van der Waals surface area contributed by atoms with Crippen LogP contribution >= 0.6 is 0 Å². The molecule has 0 aliphatic heterocycles. The Labute approximate surface area is 178 Å². The standard InChI is InChI=1S/C22H27N5O4/c1-26(2)10-8-24-13-3-4-14-18-17(13)22(31)20-16(30)6-5-15(29)19(20)21(18)25-27(14)11-7-23-9-12-28/h3-6,23,25,28,30-31H,7-12H2,1-2H3. The second-order valence-electron chi connectivity index (χ2n) is 7.83. The first-order valence-corrected chi connectivity index (χ1v) is 10.3. The number of phenols is 2. The third kappa shape index (κ3) is 3.71. The van der Waals surface area contributed by atoms with E-state index in [-0.39, 0.29) is 34.3 Å². The van der Waals surface area contributed by atoms with Crippen molar-refractivity contribution >= 4 is 32.6 Å². The fourth-order valence-corrected chi connectivity index (χ4v) is 3.99. The first kappa shape index (κ1) is 21.1. The predicted molar refractivity (Wildman–Crippen MR) is 121 cm³/mol. The lowest BCUT2D eigenvalue weighted by molar-refractivity contribution is 0.291. The Morgan fingerprint density at radius 1 is 1.06 bits per heavy atom. The average Bonchev–Trinajstić information content (AvgIpc) is 3.10. The zero-order valence-electron chi connectivity index (χ0n) is 17.6. The minimum absolute atomic E-state index is 0.0539. The van der Waals surface area contributed by atoms with Crippen molar-refractivity contribution in [2.24, 2.45) is 4.99 Å². The number of likely N-dealkylation sites (N-methyl/N-ethyl adjacent to an activating group) is 1. The number of phenolic OH excluding ortho intramolecular Hbond substituents is 2. The first-order chi connectivity index (χ1) is 14.9. The minimum Gasteiger partial charge on any atom is -0.507 e. The molecule has 0 spiro atoms. The molecule has 3 aromatic carbocycles. The van der Waals surface area contributed by atoms with Gasteiger partial charge in [0.05, 0.1) is 52.2 Å². The van der Waals surface area contributed by atoms with Crippen LogP contribution in [0.15, 0.2) is 34.1 Å². The molecule has 1 aromatic heterocycles. The summed E-state index contributed by atoms with van der Waals surface area (Å²) < 4.78 is 1.90. The highest BCUT2D eigenvalue weighted by atomic mass is 16.3. The second-order valence-corrected chi connectivity index (χ2v) is 7.83. The molecule has 0 aliphatic carbocycles. The maximum absolute atomic E-state index is 12.7. The summed E-state index contributed by atoms with van der Waals surface area (Å²) in [5.74, 6) is -0.295. The number of H-pyrrole nitrogens is 1. The van der Waals surface area contributed by atoms with Crippen molar-refractivity contribution < 1.29 is 15.3 Å². The Kier molecular flexibility index (Phi) is 5.81. The summed E-state index contributed by atoms with van der Waals surface area (Å²) in [6.07, 6.45) is 0. The Morgan fingerprint density at radius 2 is 1.87 bits per heavy atom. The number of nitrogens with zero attached hydrogens (tertiary/aromatic N) is 3. The van der Waals surface area contributed by atoms with Gasteiger partial charge in [0.25, 0.3) is 0 Å². The van der Waals surface area contributed by atoms with Crippen LogP contribution in [0, 0.1) is 0 Å². The number of fused-ring (bicyclic) bond motifs is 2. The fourth-order valence-electron chi connectivity index (χ4n) is 3.99. The third-order valence-electron chi connectivity index (χ3n) is 5.45. The van der Waals surface area contributed by atoms with E-state index in [0.717, 1.165) is 12.1 Å². The maximum Gasteiger partial charge on any atom is 0.189 e. The lowest BCUT2D eigenvalue weighted by atomic mass is 9.99. The van der Waals surface area contributed by atoms with E-state index in [1.54, 1.807) is 0 Å². The molecule has 4 rings (SSSR count). The predicted octanol–water partition coefficient (Wildman–Crippen LogP) is 0.529. The van der Waals surface area contributed by atoms with Crippen molar-refractivity contribution in [3.8, 4) is 11.5 Å². The summed E-state index contributed by atoms with van der Waals surface area (Å²) in [6, 6.07) is 6.38. The number of hydrogen-bond donors (Lipinski definition) is 5. The van der Waals surface area contributed by atoms with Gasteiger partial charge >= 0.3 is 0 Å². The second kappa shape index (κ2) is 8.54. The highest BCUT2D eigenvalue weighted by molar-refractivity contribution is 6.23. The molecule has 0 amide bonds. The number of aromatic hydroxyl groups is 2. The number of benzene rings is 3. The highest BCUT2D eigenvalue weighted by Gasteiger charge is 2.21. The van der Waals surface area contributed by atoms with Gasteiger partial charge in [-0.1, -0.05) is 0 Å². The molecule has 164 valence electrons. The third-order valence-corrected chi connectivity index (χ3v) is 5.45. The van der Waals surface area contributed by atoms with Gasteiger partial charge in [0.15, 0.2) is 5.43 Å². The average molecular weight is 425 g/mol. The molecule has 9 heteroatoms. The van der Waals surface area contributed by atoms with Crippen molar-refractivity contribution in [2.45, 2.75) is 6.54 Å². The number of aromatic amines is 1. The Balaban J connectivity index is 2.03. The molecule has 0 saturated carbocycles. The van der Waals surface area contributed by atoms with Gasteiger partial charge in [-0.05, 0) is 38.4 Å². The molecule has 0 atom stereocenters. The van der Waals surface area contributed by atoms with Gasteiger partial charge in [-0.2, -0.15) is 0 Å². The molecule has 0 unspecified atom stereocenters. The molecular weight excluding hydrogens is 398 g/mol. The molecule has 0 saturated heterocycles. The van der Waals surface area contributed by atoms with E-state index in [1.165, 1.54) is 12.1 Å². The molecule has 0 aliphatic rings. The van der Waals surface area contributed by atoms with E-state index < -0.39 is 0 Å². The SMILES string of the molecule is CN(C)CCN=c1ccc2c3c1c(O)c1c(O)ccc(=O)c1c3[nH]n2CCNCCO. The fraction of sp³-hybridized carbons (Fsp3) is 0.364. The number of rotatable bonds is 8. The van der Waals surface area contributed by atoms with Crippen molar-refractivity contribution in [1.29, 1.82) is 0 Å². The van der Waals surface area contributed by atoms with E-state index in [1.807, 2.05) is 35.8 Å². The van der Waals surface area contributed by atoms with Crippen molar-refractivity contribution in [1.82, 2.24) is 20.0 Å². The van der Waals surface area contributed by atoms with E-state index in [0.29, 0.717) is 47.8 Å². The highest BCUT2D eigenvalue weighted by Crippen LogP contribution is 2.41. The van der Waals surface area contributed by atoms with E-state index in [9.17, 15) is 15.0 Å². The smallest absolute Gasteiger partial charge is 0.189 e. The van der Waals surface area contributed by atoms with E-state index in [4.69, 9.17) is 5.11 Å². The van der Waals surface area contributed by atoms with Gasteiger partial charge in [0.1, 0.15) is 11.5 Å². The summed E-state index contributed by atoms with van der Waals surface area (Å²) in [5, 5.41) is 39.2. The van der Waals surface area contributed by atoms with Gasteiger partial charge in [0, 0.05) is 25.0 Å². The van der Waals surface area contributed by atoms with Crippen LogP contribution in [-0.4, -0.2) is 76.9 Å². The van der Waals surface area contributed by atoms with E-state index in [2.05, 4.69) is 15.4 Å². The van der Waals surface area contributed by atoms with Crippen LogP contribution < -0.4 is 16.1 Å². The number of aliphatic hydroxyl groups excluding tert-OH is 1. The van der Waals surface area contributed by atoms with Crippen molar-refractivity contribution in [2.75, 3.05) is 46.9 Å². The monoisotopic (exact) mass is 425 g/mol. The quantitative estimate of drug-likeness (QED) is 0.207. The lowest BCUT2D eigenvalue weighted by Crippen LogP contribution is -2.23. The normalized spacial score (nSPS) is 12.8. The van der Waals surface area contributed by atoms with Crippen LogP contribution in [0.2, 0.25) is 0 Å². The van der Waals surface area contributed by atoms with E-state index >= 15 is 0 Å². The number of aliphatic hydroxyl groups is 1. The van der Waals surface area contributed by atoms with Gasteiger partial charge in [0.2, 0.25) is 0 Å². The molecule has 31 heavy (non-hydrogen) atoms. The van der Waals surface area contributed by atoms with Crippen LogP contribution in [0.4, 0.5) is 0 Å². The van der Waals surface area contributed by atoms with Crippen molar-refractivity contribution in [3.63, 3.8) is 0 Å². The van der Waals surface area contributed by atoms with Crippen molar-refractivity contribution in [3.05, 3.63) is 39.8 Å². The number of hydrogen-bond acceptors (Lipinski definition) is 7. The summed E-state index contributed by atoms with van der Waals surface area (Å²) in [4.78, 5) is 19.4. The minimum atomic E-state index is -0.284. The summed E-state index contributed by atoms with van der Waals surface area (Å²) in [7, 11) is 3.93.